The number of ether oxygens (including phenoxy) is 1. The molecule has 0 aliphatic heterocycles. The van der Waals surface area contributed by atoms with Gasteiger partial charge in [0.25, 0.3) is 0 Å². The molecule has 0 atom stereocenters. The molecule has 1 aromatic heterocycles. The van der Waals surface area contributed by atoms with Gasteiger partial charge >= 0.3 is 0 Å². The summed E-state index contributed by atoms with van der Waals surface area (Å²) in [5.41, 5.74) is 2.15. The third-order valence-electron chi connectivity index (χ3n) is 2.15. The summed E-state index contributed by atoms with van der Waals surface area (Å²) in [4.78, 5) is 4.36. The first-order chi connectivity index (χ1) is 8.11. The molecule has 0 saturated carbocycles. The number of methoxy groups -OCH3 is 1. The fourth-order valence-corrected chi connectivity index (χ4v) is 1.69. The van der Waals surface area contributed by atoms with E-state index in [0.29, 0.717) is 5.11 Å². The average Bonchev–Trinajstić information content (AvgIpc) is 2.23. The minimum Gasteiger partial charge on any atom is -0.385 e. The highest BCUT2D eigenvalue weighted by Crippen LogP contribution is 2.08. The van der Waals surface area contributed by atoms with Gasteiger partial charge in [0, 0.05) is 26.0 Å². The fourth-order valence-electron chi connectivity index (χ4n) is 1.48. The van der Waals surface area contributed by atoms with Crippen molar-refractivity contribution in [3.8, 4) is 0 Å². The molecule has 0 aliphatic rings. The lowest BCUT2D eigenvalue weighted by molar-refractivity contribution is 0.196. The molecule has 0 aromatic carbocycles. The van der Waals surface area contributed by atoms with Crippen LogP contribution < -0.4 is 10.6 Å². The topological polar surface area (TPSA) is 46.2 Å². The van der Waals surface area contributed by atoms with Crippen molar-refractivity contribution in [3.63, 3.8) is 0 Å². The van der Waals surface area contributed by atoms with Crippen molar-refractivity contribution in [2.75, 3.05) is 25.6 Å². The Kier molecular flexibility index (Phi) is 5.86. The van der Waals surface area contributed by atoms with Gasteiger partial charge in [-0.05, 0) is 50.2 Å². The summed E-state index contributed by atoms with van der Waals surface area (Å²) < 4.78 is 4.96. The van der Waals surface area contributed by atoms with Gasteiger partial charge in [-0.25, -0.2) is 4.98 Å². The Bertz CT molecular complexity index is 362. The number of thiocarbonyl (C=S) groups is 1. The van der Waals surface area contributed by atoms with Crippen molar-refractivity contribution >= 4 is 23.1 Å². The summed E-state index contributed by atoms with van der Waals surface area (Å²) in [6, 6.07) is 4.00. The van der Waals surface area contributed by atoms with Crippen LogP contribution in [0.25, 0.3) is 0 Å². The highest BCUT2D eigenvalue weighted by atomic mass is 32.1. The lowest BCUT2D eigenvalue weighted by atomic mass is 10.2. The molecule has 1 rings (SSSR count). The van der Waals surface area contributed by atoms with Crippen molar-refractivity contribution in [3.05, 3.63) is 23.4 Å². The number of nitrogens with one attached hydrogen (secondary N) is 2. The second kappa shape index (κ2) is 7.19. The Hall–Kier alpha value is -1.20. The van der Waals surface area contributed by atoms with Crippen molar-refractivity contribution < 1.29 is 4.74 Å². The minimum atomic E-state index is 0.596. The molecule has 0 amide bonds. The Labute approximate surface area is 108 Å². The standard InChI is InChI=1S/C12H19N3OS/c1-9-7-10(2)14-11(8-9)15-12(17)13-5-4-6-16-3/h7-8H,4-6H2,1-3H3,(H2,13,14,15,17). The average molecular weight is 253 g/mol. The van der Waals surface area contributed by atoms with Crippen LogP contribution in [-0.4, -0.2) is 30.4 Å². The van der Waals surface area contributed by atoms with Gasteiger partial charge < -0.3 is 15.4 Å². The minimum absolute atomic E-state index is 0.596. The van der Waals surface area contributed by atoms with Crippen LogP contribution in [0, 0.1) is 13.8 Å². The molecule has 0 fully saturated rings. The highest BCUT2D eigenvalue weighted by Gasteiger charge is 2.00. The van der Waals surface area contributed by atoms with E-state index in [1.807, 2.05) is 26.0 Å². The van der Waals surface area contributed by atoms with E-state index in [9.17, 15) is 0 Å². The van der Waals surface area contributed by atoms with Crippen molar-refractivity contribution in [2.45, 2.75) is 20.3 Å². The van der Waals surface area contributed by atoms with E-state index in [0.717, 1.165) is 31.1 Å². The Morgan fingerprint density at radius 1 is 1.41 bits per heavy atom. The molecule has 0 saturated heterocycles. The molecule has 0 unspecified atom stereocenters. The maximum absolute atomic E-state index is 5.17. The second-order valence-corrected chi connectivity index (χ2v) is 4.31. The molecule has 0 spiro atoms. The predicted molar refractivity (Wildman–Crippen MR) is 74.4 cm³/mol. The molecular formula is C12H19N3OS. The number of anilines is 1. The van der Waals surface area contributed by atoms with Gasteiger partial charge in [-0.1, -0.05) is 0 Å². The largest absolute Gasteiger partial charge is 0.385 e. The van der Waals surface area contributed by atoms with Crippen LogP contribution in [-0.2, 0) is 4.74 Å². The maximum Gasteiger partial charge on any atom is 0.171 e. The summed E-state index contributed by atoms with van der Waals surface area (Å²) in [5, 5.41) is 6.77. The van der Waals surface area contributed by atoms with E-state index < -0.39 is 0 Å². The van der Waals surface area contributed by atoms with Crippen LogP contribution in [0.2, 0.25) is 0 Å². The summed E-state index contributed by atoms with van der Waals surface area (Å²) >= 11 is 5.17. The quantitative estimate of drug-likeness (QED) is 0.621. The molecule has 1 heterocycles. The van der Waals surface area contributed by atoms with E-state index >= 15 is 0 Å². The van der Waals surface area contributed by atoms with Crippen LogP contribution in [0.5, 0.6) is 0 Å². The van der Waals surface area contributed by atoms with Gasteiger partial charge in [0.05, 0.1) is 0 Å². The second-order valence-electron chi connectivity index (χ2n) is 3.90. The Balaban J connectivity index is 2.39. The number of aromatic nitrogens is 1. The van der Waals surface area contributed by atoms with Crippen LogP contribution in [0.1, 0.15) is 17.7 Å². The van der Waals surface area contributed by atoms with Crippen LogP contribution in [0.15, 0.2) is 12.1 Å². The predicted octanol–water partition coefficient (Wildman–Crippen LogP) is 2.02. The molecule has 5 heteroatoms. The number of pyridine rings is 1. The summed E-state index contributed by atoms with van der Waals surface area (Å²) in [6.45, 7) is 5.53. The fraction of sp³-hybridized carbons (Fsp3) is 0.500. The number of rotatable bonds is 5. The molecule has 0 radical (unpaired) electrons. The number of aryl methyl sites for hydroxylation is 2. The summed E-state index contributed by atoms with van der Waals surface area (Å²) in [6.07, 6.45) is 0.929. The lowest BCUT2D eigenvalue weighted by Gasteiger charge is -2.10. The van der Waals surface area contributed by atoms with E-state index in [1.54, 1.807) is 7.11 Å². The van der Waals surface area contributed by atoms with Gasteiger partial charge in [0.2, 0.25) is 0 Å². The normalized spacial score (nSPS) is 10.1. The summed E-state index contributed by atoms with van der Waals surface area (Å²) in [5.74, 6) is 0.784. The SMILES string of the molecule is COCCCNC(=S)Nc1cc(C)cc(C)n1. The van der Waals surface area contributed by atoms with E-state index in [-0.39, 0.29) is 0 Å². The van der Waals surface area contributed by atoms with E-state index in [1.165, 1.54) is 5.56 Å². The van der Waals surface area contributed by atoms with Gasteiger partial charge in [0.15, 0.2) is 5.11 Å². The van der Waals surface area contributed by atoms with Gasteiger partial charge in [-0.3, -0.25) is 0 Å². The molecule has 4 nitrogen and oxygen atoms in total. The summed E-state index contributed by atoms with van der Waals surface area (Å²) in [7, 11) is 1.69. The van der Waals surface area contributed by atoms with Crippen molar-refractivity contribution in [2.24, 2.45) is 0 Å². The highest BCUT2D eigenvalue weighted by molar-refractivity contribution is 7.80. The zero-order chi connectivity index (χ0) is 12.7. The third kappa shape index (κ3) is 5.60. The van der Waals surface area contributed by atoms with E-state index in [2.05, 4.69) is 15.6 Å². The van der Waals surface area contributed by atoms with Crippen LogP contribution >= 0.6 is 12.2 Å². The van der Waals surface area contributed by atoms with Crippen LogP contribution in [0.3, 0.4) is 0 Å². The van der Waals surface area contributed by atoms with Gasteiger partial charge in [-0.15, -0.1) is 0 Å². The first kappa shape index (κ1) is 13.9. The Morgan fingerprint density at radius 3 is 2.82 bits per heavy atom. The molecule has 1 aromatic rings. The number of hydrogen-bond acceptors (Lipinski definition) is 3. The smallest absolute Gasteiger partial charge is 0.171 e. The molecule has 0 bridgehead atoms. The number of nitrogens with zero attached hydrogens (tertiary/aromatic N) is 1. The molecule has 94 valence electrons. The zero-order valence-corrected chi connectivity index (χ0v) is 11.4. The van der Waals surface area contributed by atoms with Crippen molar-refractivity contribution in [1.82, 2.24) is 10.3 Å². The zero-order valence-electron chi connectivity index (χ0n) is 10.5. The molecule has 17 heavy (non-hydrogen) atoms. The first-order valence-electron chi connectivity index (χ1n) is 5.61. The maximum atomic E-state index is 5.17. The molecule has 0 aliphatic carbocycles. The van der Waals surface area contributed by atoms with Gasteiger partial charge in [-0.2, -0.15) is 0 Å². The van der Waals surface area contributed by atoms with Crippen molar-refractivity contribution in [1.29, 1.82) is 0 Å². The lowest BCUT2D eigenvalue weighted by Crippen LogP contribution is -2.30. The van der Waals surface area contributed by atoms with Crippen LogP contribution in [0.4, 0.5) is 5.82 Å². The first-order valence-corrected chi connectivity index (χ1v) is 6.01. The Morgan fingerprint density at radius 2 is 2.18 bits per heavy atom. The molecular weight excluding hydrogens is 234 g/mol. The number of hydrogen-bond donors (Lipinski definition) is 2. The molecule has 2 N–H and O–H groups in total. The third-order valence-corrected chi connectivity index (χ3v) is 2.40. The van der Waals surface area contributed by atoms with E-state index in [4.69, 9.17) is 17.0 Å². The van der Waals surface area contributed by atoms with Gasteiger partial charge in [0.1, 0.15) is 5.82 Å². The monoisotopic (exact) mass is 253 g/mol.